The van der Waals surface area contributed by atoms with Crippen LogP contribution in [0.3, 0.4) is 0 Å². The Morgan fingerprint density at radius 1 is 0.907 bits per heavy atom. The van der Waals surface area contributed by atoms with Crippen molar-refractivity contribution in [3.63, 3.8) is 0 Å². The van der Waals surface area contributed by atoms with Crippen LogP contribution in [0.1, 0.15) is 41.8 Å². The zero-order valence-corrected chi connectivity index (χ0v) is 26.4. The molecule has 2 atom stereocenters. The zero-order chi connectivity index (χ0) is 31.1. The van der Waals surface area contributed by atoms with E-state index in [0.717, 1.165) is 63.8 Å². The summed E-state index contributed by atoms with van der Waals surface area (Å²) in [5, 5.41) is 14.4. The van der Waals surface area contributed by atoms with Crippen molar-refractivity contribution < 1.29 is 23.1 Å². The summed E-state index contributed by atoms with van der Waals surface area (Å²) in [7, 11) is 0.895. The Balaban J connectivity index is 0.000000180. The number of carboxylic acid groups (broad SMARTS) is 1. The van der Waals surface area contributed by atoms with Crippen molar-refractivity contribution in [2.75, 3.05) is 18.6 Å². The number of hydrogen-bond donors (Lipinski definition) is 2. The Morgan fingerprint density at radius 3 is 1.88 bits per heavy atom. The Kier molecular flexibility index (Phi) is 8.96. The summed E-state index contributed by atoms with van der Waals surface area (Å²) < 4.78 is 26.3. The monoisotopic (exact) mass is 649 g/mol. The Labute approximate surface area is 258 Å². The van der Waals surface area contributed by atoms with E-state index in [0.29, 0.717) is 42.5 Å². The number of fused-ring (bicyclic) bond motifs is 6. The van der Waals surface area contributed by atoms with Crippen LogP contribution in [0.2, 0.25) is 10.3 Å². The number of sulfone groups is 1. The number of carboxylic acids is 1. The summed E-state index contributed by atoms with van der Waals surface area (Å²) >= 11 is 12.4. The molecule has 6 rings (SSSR count). The average Bonchev–Trinajstić information content (AvgIpc) is 3.42. The third kappa shape index (κ3) is 6.34. The van der Waals surface area contributed by atoms with Gasteiger partial charge in [-0.05, 0) is 56.1 Å². The first-order chi connectivity index (χ1) is 20.4. The SMILES string of the molecule is Cn1c2c(c3c(Cl)ncnc31)CC(C(=O)NCCCS(C)(=O)=O)CC2.Cn1c2c(c3c(Cl)ncnc31)CC(C(=O)O)CC2. The van der Waals surface area contributed by atoms with Gasteiger partial charge in [0, 0.05) is 44.2 Å². The molecule has 0 bridgehead atoms. The van der Waals surface area contributed by atoms with Gasteiger partial charge in [0.25, 0.3) is 0 Å². The van der Waals surface area contributed by atoms with Crippen LogP contribution in [0.15, 0.2) is 12.7 Å². The number of carbonyl (C=O) groups excluding carboxylic acids is 1. The van der Waals surface area contributed by atoms with Gasteiger partial charge in [0.05, 0.1) is 22.4 Å². The van der Waals surface area contributed by atoms with Gasteiger partial charge in [0.1, 0.15) is 44.1 Å². The quantitative estimate of drug-likeness (QED) is 0.236. The number of aliphatic carboxylic acids is 1. The third-order valence-corrected chi connectivity index (χ3v) is 9.98. The number of rotatable bonds is 6. The Morgan fingerprint density at radius 2 is 1.40 bits per heavy atom. The summed E-state index contributed by atoms with van der Waals surface area (Å²) in [6, 6.07) is 0. The van der Waals surface area contributed by atoms with Gasteiger partial charge in [0.2, 0.25) is 5.91 Å². The first kappa shape index (κ1) is 31.1. The number of carbonyl (C=O) groups is 2. The lowest BCUT2D eigenvalue weighted by atomic mass is 9.86. The normalized spacial score (nSPS) is 18.1. The number of halogens is 2. The zero-order valence-electron chi connectivity index (χ0n) is 24.1. The van der Waals surface area contributed by atoms with Gasteiger partial charge in [-0.3, -0.25) is 9.59 Å². The second-order valence-electron chi connectivity index (χ2n) is 11.2. The van der Waals surface area contributed by atoms with E-state index in [1.807, 2.05) is 23.2 Å². The molecule has 0 radical (unpaired) electrons. The molecule has 4 heterocycles. The number of aromatic nitrogens is 6. The lowest BCUT2D eigenvalue weighted by Gasteiger charge is -2.22. The van der Waals surface area contributed by atoms with E-state index in [1.54, 1.807) is 0 Å². The highest BCUT2D eigenvalue weighted by Gasteiger charge is 2.31. The number of hydrogen-bond acceptors (Lipinski definition) is 8. The van der Waals surface area contributed by atoms with E-state index in [-0.39, 0.29) is 23.5 Å². The highest BCUT2D eigenvalue weighted by molar-refractivity contribution is 7.90. The van der Waals surface area contributed by atoms with Crippen LogP contribution in [-0.4, -0.2) is 73.0 Å². The smallest absolute Gasteiger partial charge is 0.306 e. The topological polar surface area (TPSA) is 162 Å². The molecule has 2 unspecified atom stereocenters. The maximum absolute atomic E-state index is 12.4. The number of aryl methyl sites for hydroxylation is 2. The fourth-order valence-electron chi connectivity index (χ4n) is 6.21. The van der Waals surface area contributed by atoms with E-state index in [1.165, 1.54) is 18.9 Å². The fourth-order valence-corrected chi connectivity index (χ4v) is 7.36. The molecule has 0 saturated heterocycles. The molecule has 4 aromatic heterocycles. The van der Waals surface area contributed by atoms with Gasteiger partial charge in [-0.2, -0.15) is 0 Å². The van der Waals surface area contributed by atoms with E-state index >= 15 is 0 Å². The van der Waals surface area contributed by atoms with Crippen LogP contribution >= 0.6 is 23.2 Å². The van der Waals surface area contributed by atoms with E-state index < -0.39 is 15.8 Å². The van der Waals surface area contributed by atoms with Crippen LogP contribution in [0.4, 0.5) is 0 Å². The highest BCUT2D eigenvalue weighted by atomic mass is 35.5. The van der Waals surface area contributed by atoms with Crippen LogP contribution in [0, 0.1) is 11.8 Å². The van der Waals surface area contributed by atoms with Crippen LogP contribution in [0.25, 0.3) is 22.1 Å². The number of amides is 1. The van der Waals surface area contributed by atoms with Crippen molar-refractivity contribution in [1.29, 1.82) is 0 Å². The van der Waals surface area contributed by atoms with E-state index in [9.17, 15) is 18.0 Å². The molecule has 2 aliphatic rings. The summed E-state index contributed by atoms with van der Waals surface area (Å²) in [5.41, 5.74) is 5.90. The minimum Gasteiger partial charge on any atom is -0.481 e. The Hall–Kier alpha value is -3.29. The van der Waals surface area contributed by atoms with Crippen molar-refractivity contribution in [1.82, 2.24) is 34.4 Å². The summed E-state index contributed by atoms with van der Waals surface area (Å²) in [5.74, 6) is -1.18. The number of nitrogens with one attached hydrogen (secondary N) is 1. The number of nitrogens with zero attached hydrogens (tertiary/aromatic N) is 6. The maximum Gasteiger partial charge on any atom is 0.306 e. The van der Waals surface area contributed by atoms with Gasteiger partial charge >= 0.3 is 5.97 Å². The molecule has 230 valence electrons. The lowest BCUT2D eigenvalue weighted by Crippen LogP contribution is -2.35. The first-order valence-electron chi connectivity index (χ1n) is 14.0. The Bertz CT molecular complexity index is 1840. The predicted octanol–water partition coefficient (Wildman–Crippen LogP) is 3.09. The summed E-state index contributed by atoms with van der Waals surface area (Å²) in [4.78, 5) is 40.2. The molecule has 0 saturated carbocycles. The highest BCUT2D eigenvalue weighted by Crippen LogP contribution is 2.37. The molecule has 15 heteroatoms. The van der Waals surface area contributed by atoms with Crippen molar-refractivity contribution in [3.8, 4) is 0 Å². The molecule has 0 aliphatic heterocycles. The average molecular weight is 651 g/mol. The third-order valence-electron chi connectivity index (χ3n) is 8.38. The second kappa shape index (κ2) is 12.4. The van der Waals surface area contributed by atoms with Crippen molar-refractivity contribution >= 4 is 67.0 Å². The second-order valence-corrected chi connectivity index (χ2v) is 14.2. The van der Waals surface area contributed by atoms with Crippen molar-refractivity contribution in [2.45, 2.75) is 44.9 Å². The van der Waals surface area contributed by atoms with Crippen molar-refractivity contribution in [3.05, 3.63) is 45.5 Å². The van der Waals surface area contributed by atoms with E-state index in [2.05, 4.69) is 25.3 Å². The molecule has 0 spiro atoms. The minimum absolute atomic E-state index is 0.0378. The largest absolute Gasteiger partial charge is 0.481 e. The molecule has 43 heavy (non-hydrogen) atoms. The molecule has 2 aliphatic carbocycles. The summed E-state index contributed by atoms with van der Waals surface area (Å²) in [6.45, 7) is 0.370. The van der Waals surface area contributed by atoms with Crippen molar-refractivity contribution in [2.24, 2.45) is 25.9 Å². The van der Waals surface area contributed by atoms with Crippen LogP contribution in [-0.2, 0) is 59.2 Å². The molecule has 4 aromatic rings. The molecule has 0 aromatic carbocycles. The maximum atomic E-state index is 12.4. The molecule has 1 amide bonds. The van der Waals surface area contributed by atoms with Crippen LogP contribution in [0.5, 0.6) is 0 Å². The predicted molar refractivity (Wildman–Crippen MR) is 163 cm³/mol. The minimum atomic E-state index is -3.00. The molecule has 2 N–H and O–H groups in total. The molecular formula is C28H33Cl2N7O5S. The molecular weight excluding hydrogens is 617 g/mol. The first-order valence-corrected chi connectivity index (χ1v) is 16.8. The fraction of sp³-hybridized carbons (Fsp3) is 0.500. The lowest BCUT2D eigenvalue weighted by molar-refractivity contribution is -0.142. The molecule has 0 fully saturated rings. The van der Waals surface area contributed by atoms with Gasteiger partial charge in [-0.15, -0.1) is 0 Å². The molecule has 12 nitrogen and oxygen atoms in total. The van der Waals surface area contributed by atoms with Gasteiger partial charge in [-0.25, -0.2) is 28.4 Å². The van der Waals surface area contributed by atoms with Crippen LogP contribution < -0.4 is 5.32 Å². The standard InChI is InChI=1S/C16H21ClN4O3S.C12H12ClN3O2/c1-21-12-5-4-10(16(22)18-6-3-7-25(2,23)24)8-11(12)13-14(17)19-9-20-15(13)21;1-16-8-3-2-6(12(17)18)4-7(8)9-10(13)14-5-15-11(9)16/h9-10H,3-8H2,1-2H3,(H,18,22);5-6H,2-4H2,1H3,(H,17,18). The summed E-state index contributed by atoms with van der Waals surface area (Å²) in [6.07, 6.45) is 8.55. The van der Waals surface area contributed by atoms with E-state index in [4.69, 9.17) is 28.3 Å². The van der Waals surface area contributed by atoms with Gasteiger partial charge in [-0.1, -0.05) is 23.2 Å². The van der Waals surface area contributed by atoms with Gasteiger partial charge in [0.15, 0.2) is 0 Å². The van der Waals surface area contributed by atoms with Gasteiger partial charge < -0.3 is 19.6 Å².